The molecule has 1 heterocycles. The standard InChI is InChI=1S/C13H21N3O2S/c1-9-6-12(15-18-9)14-13(17)8-16(2)10-4-5-11(7-10)19-3/h6,10-11H,4-5,7-8H2,1-3H3,(H,14,15,17)/t10-,11-/m0/s1. The van der Waals surface area contributed by atoms with Crippen LogP contribution in [0, 0.1) is 6.92 Å². The first-order valence-corrected chi connectivity index (χ1v) is 7.83. The highest BCUT2D eigenvalue weighted by atomic mass is 32.2. The molecule has 2 rings (SSSR count). The van der Waals surface area contributed by atoms with Gasteiger partial charge in [-0.15, -0.1) is 0 Å². The number of aromatic nitrogens is 1. The predicted molar refractivity (Wildman–Crippen MR) is 77.4 cm³/mol. The molecule has 0 aromatic carbocycles. The molecular weight excluding hydrogens is 262 g/mol. The van der Waals surface area contributed by atoms with Crippen LogP contribution in [0.4, 0.5) is 5.82 Å². The fraction of sp³-hybridized carbons (Fsp3) is 0.692. The van der Waals surface area contributed by atoms with Gasteiger partial charge in [0.05, 0.1) is 6.54 Å². The molecule has 0 radical (unpaired) electrons. The van der Waals surface area contributed by atoms with Crippen molar-refractivity contribution in [1.82, 2.24) is 10.1 Å². The lowest BCUT2D eigenvalue weighted by molar-refractivity contribution is -0.117. The quantitative estimate of drug-likeness (QED) is 0.897. The van der Waals surface area contributed by atoms with Gasteiger partial charge in [0.25, 0.3) is 0 Å². The van der Waals surface area contributed by atoms with Crippen LogP contribution >= 0.6 is 11.8 Å². The average Bonchev–Trinajstić information content (AvgIpc) is 2.98. The lowest BCUT2D eigenvalue weighted by atomic mass is 10.2. The second-order valence-corrected chi connectivity index (χ2v) is 6.25. The maximum Gasteiger partial charge on any atom is 0.239 e. The number of rotatable bonds is 5. The van der Waals surface area contributed by atoms with Crippen LogP contribution in [0.1, 0.15) is 25.0 Å². The molecule has 1 saturated carbocycles. The van der Waals surface area contributed by atoms with Gasteiger partial charge < -0.3 is 9.84 Å². The molecule has 0 unspecified atom stereocenters. The minimum Gasteiger partial charge on any atom is -0.360 e. The maximum atomic E-state index is 11.9. The Bertz CT molecular complexity index is 435. The van der Waals surface area contributed by atoms with Crippen LogP contribution in [0.5, 0.6) is 0 Å². The van der Waals surface area contributed by atoms with Crippen molar-refractivity contribution in [3.8, 4) is 0 Å². The molecule has 1 aliphatic carbocycles. The smallest absolute Gasteiger partial charge is 0.239 e. The molecule has 106 valence electrons. The summed E-state index contributed by atoms with van der Waals surface area (Å²) in [6.07, 6.45) is 5.76. The Hall–Kier alpha value is -1.01. The van der Waals surface area contributed by atoms with E-state index in [0.29, 0.717) is 24.2 Å². The number of likely N-dealkylation sites (N-methyl/N-ethyl adjacent to an activating group) is 1. The van der Waals surface area contributed by atoms with Crippen LogP contribution in [0.15, 0.2) is 10.6 Å². The van der Waals surface area contributed by atoms with Gasteiger partial charge >= 0.3 is 0 Å². The van der Waals surface area contributed by atoms with Crippen molar-refractivity contribution in [3.63, 3.8) is 0 Å². The van der Waals surface area contributed by atoms with Crippen molar-refractivity contribution in [3.05, 3.63) is 11.8 Å². The van der Waals surface area contributed by atoms with Gasteiger partial charge in [-0.3, -0.25) is 9.69 Å². The molecular formula is C13H21N3O2S. The molecule has 1 amide bonds. The van der Waals surface area contributed by atoms with Gasteiger partial charge in [0.2, 0.25) is 5.91 Å². The van der Waals surface area contributed by atoms with Gasteiger partial charge in [-0.25, -0.2) is 0 Å². The SMILES string of the molecule is CS[C@H]1CC[C@H](N(C)CC(=O)Nc2cc(C)on2)C1. The summed E-state index contributed by atoms with van der Waals surface area (Å²) in [7, 11) is 2.01. The van der Waals surface area contributed by atoms with Crippen LogP contribution in [-0.4, -0.2) is 47.1 Å². The fourth-order valence-electron chi connectivity index (χ4n) is 2.50. The number of amides is 1. The van der Waals surface area contributed by atoms with E-state index in [2.05, 4.69) is 21.6 Å². The molecule has 1 aromatic rings. The molecule has 0 spiro atoms. The minimum atomic E-state index is -0.0385. The minimum absolute atomic E-state index is 0.0385. The van der Waals surface area contributed by atoms with Crippen LogP contribution in [0.25, 0.3) is 0 Å². The lowest BCUT2D eigenvalue weighted by Gasteiger charge is -2.23. The molecule has 0 saturated heterocycles. The Balaban J connectivity index is 1.79. The summed E-state index contributed by atoms with van der Waals surface area (Å²) in [5, 5.41) is 7.25. The highest BCUT2D eigenvalue weighted by Gasteiger charge is 2.27. The van der Waals surface area contributed by atoms with E-state index in [-0.39, 0.29) is 5.91 Å². The second-order valence-electron chi connectivity index (χ2n) is 5.11. The van der Waals surface area contributed by atoms with Gasteiger partial charge in [-0.2, -0.15) is 11.8 Å². The summed E-state index contributed by atoms with van der Waals surface area (Å²) in [6.45, 7) is 2.20. The lowest BCUT2D eigenvalue weighted by Crippen LogP contribution is -2.36. The van der Waals surface area contributed by atoms with Crippen LogP contribution < -0.4 is 5.32 Å². The molecule has 5 nitrogen and oxygen atoms in total. The summed E-state index contributed by atoms with van der Waals surface area (Å²) in [5.41, 5.74) is 0. The third-order valence-corrected chi connectivity index (χ3v) is 4.70. The zero-order chi connectivity index (χ0) is 13.8. The first kappa shape index (κ1) is 14.4. The normalized spacial score (nSPS) is 22.9. The Morgan fingerprint density at radius 3 is 3.00 bits per heavy atom. The first-order valence-electron chi connectivity index (χ1n) is 6.54. The van der Waals surface area contributed by atoms with E-state index < -0.39 is 0 Å². The highest BCUT2D eigenvalue weighted by molar-refractivity contribution is 7.99. The zero-order valence-electron chi connectivity index (χ0n) is 11.7. The number of carbonyl (C=O) groups excluding carboxylic acids is 1. The number of carbonyl (C=O) groups is 1. The largest absolute Gasteiger partial charge is 0.360 e. The molecule has 1 aliphatic rings. The molecule has 19 heavy (non-hydrogen) atoms. The monoisotopic (exact) mass is 283 g/mol. The molecule has 2 atom stereocenters. The second kappa shape index (κ2) is 6.43. The summed E-state index contributed by atoms with van der Waals surface area (Å²) in [4.78, 5) is 14.0. The van der Waals surface area contributed by atoms with Crippen molar-refractivity contribution in [1.29, 1.82) is 0 Å². The van der Waals surface area contributed by atoms with E-state index in [1.807, 2.05) is 18.8 Å². The topological polar surface area (TPSA) is 58.4 Å². The number of thioether (sulfide) groups is 1. The van der Waals surface area contributed by atoms with E-state index in [9.17, 15) is 4.79 Å². The van der Waals surface area contributed by atoms with Crippen LogP contribution in [0.2, 0.25) is 0 Å². The predicted octanol–water partition coefficient (Wildman–Crippen LogP) is 2.14. The van der Waals surface area contributed by atoms with Gasteiger partial charge in [0.15, 0.2) is 5.82 Å². The van der Waals surface area contributed by atoms with Crippen LogP contribution in [0.3, 0.4) is 0 Å². The summed E-state index contributed by atoms with van der Waals surface area (Å²) < 4.78 is 4.92. The van der Waals surface area contributed by atoms with Crippen molar-refractivity contribution in [2.45, 2.75) is 37.5 Å². The Morgan fingerprint density at radius 2 is 2.42 bits per heavy atom. The molecule has 1 aromatic heterocycles. The summed E-state index contributed by atoms with van der Waals surface area (Å²) in [5.74, 6) is 1.15. The average molecular weight is 283 g/mol. The third-order valence-electron chi connectivity index (χ3n) is 3.60. The molecule has 0 bridgehead atoms. The number of aryl methyl sites for hydroxylation is 1. The fourth-order valence-corrected chi connectivity index (χ4v) is 3.28. The van der Waals surface area contributed by atoms with E-state index in [4.69, 9.17) is 4.52 Å². The van der Waals surface area contributed by atoms with Crippen LogP contribution in [-0.2, 0) is 4.79 Å². The Morgan fingerprint density at radius 1 is 1.63 bits per heavy atom. The molecule has 1 fully saturated rings. The van der Waals surface area contributed by atoms with Gasteiger partial charge in [-0.1, -0.05) is 5.16 Å². The molecule has 0 aliphatic heterocycles. The first-order chi connectivity index (χ1) is 9.08. The maximum absolute atomic E-state index is 11.9. The Labute approximate surface area is 118 Å². The number of anilines is 1. The van der Waals surface area contributed by atoms with Crippen molar-refractivity contribution in [2.75, 3.05) is 25.2 Å². The number of nitrogens with zero attached hydrogens (tertiary/aromatic N) is 2. The summed E-state index contributed by atoms with van der Waals surface area (Å²) in [6, 6.07) is 2.24. The van der Waals surface area contributed by atoms with E-state index in [0.717, 1.165) is 5.25 Å². The number of hydrogen-bond donors (Lipinski definition) is 1. The zero-order valence-corrected chi connectivity index (χ0v) is 12.5. The number of nitrogens with one attached hydrogen (secondary N) is 1. The number of hydrogen-bond acceptors (Lipinski definition) is 5. The van der Waals surface area contributed by atoms with Gasteiger partial charge in [-0.05, 0) is 39.5 Å². The van der Waals surface area contributed by atoms with E-state index in [1.54, 1.807) is 13.0 Å². The molecule has 6 heteroatoms. The van der Waals surface area contributed by atoms with Crippen molar-refractivity contribution < 1.29 is 9.32 Å². The molecule has 1 N–H and O–H groups in total. The van der Waals surface area contributed by atoms with Gasteiger partial charge in [0, 0.05) is 17.4 Å². The highest BCUT2D eigenvalue weighted by Crippen LogP contribution is 2.30. The summed E-state index contributed by atoms with van der Waals surface area (Å²) >= 11 is 1.93. The van der Waals surface area contributed by atoms with Crippen molar-refractivity contribution in [2.24, 2.45) is 0 Å². The van der Waals surface area contributed by atoms with E-state index in [1.165, 1.54) is 19.3 Å². The van der Waals surface area contributed by atoms with Gasteiger partial charge in [0.1, 0.15) is 5.76 Å². The van der Waals surface area contributed by atoms with E-state index >= 15 is 0 Å². The van der Waals surface area contributed by atoms with Crippen molar-refractivity contribution >= 4 is 23.5 Å². The third kappa shape index (κ3) is 3.98. The Kier molecular flexibility index (Phi) is 4.87.